The quantitative estimate of drug-likeness (QED) is 0.880. The molecule has 0 saturated carbocycles. The molecular weight excluding hydrogens is 246 g/mol. The van der Waals surface area contributed by atoms with Crippen molar-refractivity contribution in [3.05, 3.63) is 33.3 Å². The molecule has 3 nitrogen and oxygen atoms in total. The van der Waals surface area contributed by atoms with Crippen molar-refractivity contribution in [2.75, 3.05) is 0 Å². The largest absolute Gasteiger partial charge is 0.481 e. The maximum Gasteiger partial charge on any atom is 0.307 e. The molecule has 0 aliphatic rings. The fourth-order valence-corrected chi connectivity index (χ4v) is 1.58. The lowest BCUT2D eigenvalue weighted by molar-refractivity contribution is -0.136. The van der Waals surface area contributed by atoms with E-state index in [4.69, 9.17) is 10.4 Å². The van der Waals surface area contributed by atoms with Gasteiger partial charge in [0.1, 0.15) is 0 Å². The fourth-order valence-electron chi connectivity index (χ4n) is 1.21. The van der Waals surface area contributed by atoms with Gasteiger partial charge in [0.05, 0.1) is 18.1 Å². The van der Waals surface area contributed by atoms with E-state index in [-0.39, 0.29) is 6.42 Å². The van der Waals surface area contributed by atoms with Crippen LogP contribution >= 0.6 is 15.9 Å². The Balaban J connectivity index is 3.29. The van der Waals surface area contributed by atoms with Gasteiger partial charge in [-0.3, -0.25) is 4.79 Å². The summed E-state index contributed by atoms with van der Waals surface area (Å²) in [6.07, 6.45) is -0.117. The lowest BCUT2D eigenvalue weighted by atomic mass is 10.00. The van der Waals surface area contributed by atoms with Gasteiger partial charge in [-0.05, 0) is 30.2 Å². The van der Waals surface area contributed by atoms with E-state index in [1.54, 1.807) is 19.1 Å². The van der Waals surface area contributed by atoms with Crippen LogP contribution in [0.1, 0.15) is 16.7 Å². The third-order valence-corrected chi connectivity index (χ3v) is 2.84. The van der Waals surface area contributed by atoms with Crippen molar-refractivity contribution in [2.45, 2.75) is 13.3 Å². The summed E-state index contributed by atoms with van der Waals surface area (Å²) in [6, 6.07) is 5.35. The SMILES string of the molecule is Cc1c(Br)ccc(C#N)c1CC(=O)O. The first-order chi connectivity index (χ1) is 6.56. The predicted octanol–water partition coefficient (Wildman–Crippen LogP) is 2.26. The summed E-state index contributed by atoms with van der Waals surface area (Å²) >= 11 is 3.30. The van der Waals surface area contributed by atoms with Gasteiger partial charge in [-0.25, -0.2) is 0 Å². The van der Waals surface area contributed by atoms with Gasteiger partial charge >= 0.3 is 5.97 Å². The second-order valence-corrected chi connectivity index (χ2v) is 3.74. The molecular formula is C10H8BrNO2. The Morgan fingerprint density at radius 3 is 2.79 bits per heavy atom. The second-order valence-electron chi connectivity index (χ2n) is 2.88. The molecule has 0 bridgehead atoms. The van der Waals surface area contributed by atoms with Gasteiger partial charge in [0, 0.05) is 4.47 Å². The minimum Gasteiger partial charge on any atom is -0.481 e. The molecule has 1 aromatic carbocycles. The standard InChI is InChI=1S/C10H8BrNO2/c1-6-8(4-10(13)14)7(5-12)2-3-9(6)11/h2-3H,4H2,1H3,(H,13,14). The number of carbonyl (C=O) groups is 1. The number of hydrogen-bond donors (Lipinski definition) is 1. The highest BCUT2D eigenvalue weighted by atomic mass is 79.9. The number of benzene rings is 1. The van der Waals surface area contributed by atoms with Crippen molar-refractivity contribution in [1.29, 1.82) is 5.26 Å². The van der Waals surface area contributed by atoms with Gasteiger partial charge in [0.25, 0.3) is 0 Å². The maximum atomic E-state index is 10.6. The minimum atomic E-state index is -0.928. The number of nitrogens with zero attached hydrogens (tertiary/aromatic N) is 1. The summed E-state index contributed by atoms with van der Waals surface area (Å²) in [4.78, 5) is 10.6. The smallest absolute Gasteiger partial charge is 0.307 e. The lowest BCUT2D eigenvalue weighted by Gasteiger charge is -2.07. The van der Waals surface area contributed by atoms with Crippen molar-refractivity contribution in [2.24, 2.45) is 0 Å². The number of nitriles is 1. The third-order valence-electron chi connectivity index (χ3n) is 1.98. The Kier molecular flexibility index (Phi) is 3.26. The van der Waals surface area contributed by atoms with E-state index in [2.05, 4.69) is 15.9 Å². The summed E-state index contributed by atoms with van der Waals surface area (Å²) in [5, 5.41) is 17.5. The van der Waals surface area contributed by atoms with E-state index in [0.717, 1.165) is 10.0 Å². The van der Waals surface area contributed by atoms with Gasteiger partial charge in [0.15, 0.2) is 0 Å². The van der Waals surface area contributed by atoms with Crippen molar-refractivity contribution < 1.29 is 9.90 Å². The molecule has 1 aromatic rings. The van der Waals surface area contributed by atoms with E-state index in [9.17, 15) is 4.79 Å². The molecule has 0 aliphatic carbocycles. The van der Waals surface area contributed by atoms with Gasteiger partial charge in [-0.15, -0.1) is 0 Å². The van der Waals surface area contributed by atoms with Crippen LogP contribution < -0.4 is 0 Å². The average molecular weight is 254 g/mol. The molecule has 0 unspecified atom stereocenters. The number of aliphatic carboxylic acids is 1. The molecule has 0 aromatic heterocycles. The first-order valence-corrected chi connectivity index (χ1v) is 4.75. The third kappa shape index (κ3) is 2.12. The van der Waals surface area contributed by atoms with Crippen LogP contribution in [0.2, 0.25) is 0 Å². The lowest BCUT2D eigenvalue weighted by Crippen LogP contribution is -2.04. The van der Waals surface area contributed by atoms with Gasteiger partial charge in [0.2, 0.25) is 0 Å². The number of hydrogen-bond acceptors (Lipinski definition) is 2. The van der Waals surface area contributed by atoms with Crippen LogP contribution in [-0.2, 0) is 11.2 Å². The normalized spacial score (nSPS) is 9.50. The van der Waals surface area contributed by atoms with Crippen LogP contribution in [0, 0.1) is 18.3 Å². The van der Waals surface area contributed by atoms with Crippen molar-refractivity contribution in [3.8, 4) is 6.07 Å². The van der Waals surface area contributed by atoms with Gasteiger partial charge in [-0.2, -0.15) is 5.26 Å². The zero-order chi connectivity index (χ0) is 10.7. The van der Waals surface area contributed by atoms with Crippen LogP contribution in [0.25, 0.3) is 0 Å². The first kappa shape index (κ1) is 10.7. The summed E-state index contributed by atoms with van der Waals surface area (Å²) in [7, 11) is 0. The second kappa shape index (κ2) is 4.25. The molecule has 0 spiro atoms. The summed E-state index contributed by atoms with van der Waals surface area (Å²) in [5.74, 6) is -0.928. The monoisotopic (exact) mass is 253 g/mol. The van der Waals surface area contributed by atoms with Gasteiger partial charge < -0.3 is 5.11 Å². The maximum absolute atomic E-state index is 10.6. The van der Waals surface area contributed by atoms with Crippen molar-refractivity contribution in [3.63, 3.8) is 0 Å². The molecule has 14 heavy (non-hydrogen) atoms. The Hall–Kier alpha value is -1.34. The highest BCUT2D eigenvalue weighted by Crippen LogP contribution is 2.23. The zero-order valence-corrected chi connectivity index (χ0v) is 9.13. The molecule has 4 heteroatoms. The van der Waals surface area contributed by atoms with Gasteiger partial charge in [-0.1, -0.05) is 15.9 Å². The first-order valence-electron chi connectivity index (χ1n) is 3.96. The van der Waals surface area contributed by atoms with E-state index < -0.39 is 5.97 Å². The van der Waals surface area contributed by atoms with Crippen molar-refractivity contribution >= 4 is 21.9 Å². The summed E-state index contributed by atoms with van der Waals surface area (Å²) in [6.45, 7) is 1.79. The molecule has 0 amide bonds. The van der Waals surface area contributed by atoms with Crippen molar-refractivity contribution in [1.82, 2.24) is 0 Å². The number of carboxylic acid groups (broad SMARTS) is 1. The molecule has 0 heterocycles. The number of carboxylic acids is 1. The minimum absolute atomic E-state index is 0.117. The van der Waals surface area contributed by atoms with E-state index >= 15 is 0 Å². The number of halogens is 1. The fraction of sp³-hybridized carbons (Fsp3) is 0.200. The molecule has 1 N–H and O–H groups in total. The van der Waals surface area contributed by atoms with Crippen LogP contribution in [-0.4, -0.2) is 11.1 Å². The Labute approximate surface area is 90.1 Å². The Bertz CT molecular complexity index is 421. The molecule has 0 saturated heterocycles. The molecule has 0 atom stereocenters. The van der Waals surface area contributed by atoms with E-state index in [0.29, 0.717) is 11.1 Å². The molecule has 0 fully saturated rings. The molecule has 72 valence electrons. The Morgan fingerprint density at radius 2 is 2.29 bits per heavy atom. The van der Waals surface area contributed by atoms with E-state index in [1.165, 1.54) is 0 Å². The van der Waals surface area contributed by atoms with Crippen LogP contribution in [0.15, 0.2) is 16.6 Å². The van der Waals surface area contributed by atoms with Crippen LogP contribution in [0.3, 0.4) is 0 Å². The number of rotatable bonds is 2. The predicted molar refractivity (Wildman–Crippen MR) is 54.9 cm³/mol. The molecule has 0 radical (unpaired) electrons. The summed E-state index contributed by atoms with van der Waals surface area (Å²) < 4.78 is 0.827. The topological polar surface area (TPSA) is 61.1 Å². The Morgan fingerprint density at radius 1 is 1.64 bits per heavy atom. The highest BCUT2D eigenvalue weighted by Gasteiger charge is 2.11. The summed E-state index contributed by atoms with van der Waals surface area (Å²) in [5.41, 5.74) is 1.81. The highest BCUT2D eigenvalue weighted by molar-refractivity contribution is 9.10. The van der Waals surface area contributed by atoms with Crippen LogP contribution in [0.5, 0.6) is 0 Å². The molecule has 1 rings (SSSR count). The molecule has 0 aliphatic heterocycles. The zero-order valence-electron chi connectivity index (χ0n) is 7.54. The average Bonchev–Trinajstić information content (AvgIpc) is 2.13. The van der Waals surface area contributed by atoms with Crippen LogP contribution in [0.4, 0.5) is 0 Å². The van der Waals surface area contributed by atoms with E-state index in [1.807, 2.05) is 6.07 Å².